The fraction of sp³-hybridized carbons (Fsp3) is 0.444. The SMILES string of the molecule is CN(C)C(=O)CNCc1ccncn1. The van der Waals surface area contributed by atoms with Crippen LogP contribution >= 0.6 is 0 Å². The molecule has 1 aromatic heterocycles. The first-order valence-electron chi connectivity index (χ1n) is 4.36. The molecule has 0 aliphatic carbocycles. The van der Waals surface area contributed by atoms with Gasteiger partial charge in [-0.1, -0.05) is 0 Å². The standard InChI is InChI=1S/C9H14N4O/c1-13(2)9(14)6-11-5-8-3-4-10-7-12-8/h3-4,7,11H,5-6H2,1-2H3. The summed E-state index contributed by atoms with van der Waals surface area (Å²) in [5, 5.41) is 3.00. The molecule has 0 saturated carbocycles. The fourth-order valence-electron chi connectivity index (χ4n) is 0.878. The van der Waals surface area contributed by atoms with Crippen LogP contribution in [0.2, 0.25) is 0 Å². The topological polar surface area (TPSA) is 58.1 Å². The van der Waals surface area contributed by atoms with Crippen molar-refractivity contribution in [3.05, 3.63) is 24.3 Å². The van der Waals surface area contributed by atoms with Crippen molar-refractivity contribution in [2.24, 2.45) is 0 Å². The Hall–Kier alpha value is -1.49. The monoisotopic (exact) mass is 194 g/mol. The molecule has 14 heavy (non-hydrogen) atoms. The van der Waals surface area contributed by atoms with Crippen LogP contribution in [-0.2, 0) is 11.3 Å². The van der Waals surface area contributed by atoms with E-state index in [1.165, 1.54) is 6.33 Å². The average Bonchev–Trinajstić information content (AvgIpc) is 2.19. The summed E-state index contributed by atoms with van der Waals surface area (Å²) in [6.07, 6.45) is 3.17. The van der Waals surface area contributed by atoms with Gasteiger partial charge in [0.15, 0.2) is 0 Å². The van der Waals surface area contributed by atoms with Gasteiger partial charge in [-0.15, -0.1) is 0 Å². The molecule has 0 aliphatic heterocycles. The van der Waals surface area contributed by atoms with Crippen LogP contribution in [0, 0.1) is 0 Å². The van der Waals surface area contributed by atoms with Gasteiger partial charge in [-0.25, -0.2) is 9.97 Å². The number of carbonyl (C=O) groups excluding carboxylic acids is 1. The maximum atomic E-state index is 11.2. The van der Waals surface area contributed by atoms with E-state index < -0.39 is 0 Å². The van der Waals surface area contributed by atoms with Crippen molar-refractivity contribution in [2.75, 3.05) is 20.6 Å². The molecular formula is C9H14N4O. The lowest BCUT2D eigenvalue weighted by molar-refractivity contribution is -0.127. The van der Waals surface area contributed by atoms with Crippen molar-refractivity contribution in [1.82, 2.24) is 20.2 Å². The molecule has 0 atom stereocenters. The van der Waals surface area contributed by atoms with Gasteiger partial charge in [0.25, 0.3) is 0 Å². The van der Waals surface area contributed by atoms with Crippen LogP contribution in [0.1, 0.15) is 5.69 Å². The fourth-order valence-corrected chi connectivity index (χ4v) is 0.878. The second-order valence-corrected chi connectivity index (χ2v) is 3.09. The van der Waals surface area contributed by atoms with Gasteiger partial charge in [-0.2, -0.15) is 0 Å². The number of aromatic nitrogens is 2. The molecule has 0 aliphatic rings. The second-order valence-electron chi connectivity index (χ2n) is 3.09. The summed E-state index contributed by atoms with van der Waals surface area (Å²) in [6.45, 7) is 0.916. The lowest BCUT2D eigenvalue weighted by atomic mass is 10.4. The van der Waals surface area contributed by atoms with E-state index in [2.05, 4.69) is 15.3 Å². The van der Waals surface area contributed by atoms with Crippen molar-refractivity contribution in [2.45, 2.75) is 6.54 Å². The normalized spacial score (nSPS) is 9.86. The number of nitrogens with one attached hydrogen (secondary N) is 1. The third kappa shape index (κ3) is 3.49. The Morgan fingerprint density at radius 3 is 2.93 bits per heavy atom. The van der Waals surface area contributed by atoms with E-state index in [0.29, 0.717) is 13.1 Å². The highest BCUT2D eigenvalue weighted by atomic mass is 16.2. The lowest BCUT2D eigenvalue weighted by Crippen LogP contribution is -2.32. The molecule has 1 aromatic rings. The Labute approximate surface area is 83.2 Å². The molecule has 0 radical (unpaired) electrons. The summed E-state index contributed by atoms with van der Waals surface area (Å²) in [5.41, 5.74) is 0.881. The smallest absolute Gasteiger partial charge is 0.236 e. The number of likely N-dealkylation sites (N-methyl/N-ethyl adjacent to an activating group) is 1. The van der Waals surface area contributed by atoms with Gasteiger partial charge in [0, 0.05) is 26.8 Å². The molecular weight excluding hydrogens is 180 g/mol. The highest BCUT2D eigenvalue weighted by molar-refractivity contribution is 5.77. The van der Waals surface area contributed by atoms with Crippen LogP contribution in [0.5, 0.6) is 0 Å². The first kappa shape index (κ1) is 10.6. The van der Waals surface area contributed by atoms with E-state index in [9.17, 15) is 4.79 Å². The first-order valence-corrected chi connectivity index (χ1v) is 4.36. The van der Waals surface area contributed by atoms with Crippen LogP contribution in [0.25, 0.3) is 0 Å². The largest absolute Gasteiger partial charge is 0.348 e. The van der Waals surface area contributed by atoms with E-state index in [4.69, 9.17) is 0 Å². The summed E-state index contributed by atoms with van der Waals surface area (Å²) in [4.78, 5) is 20.5. The maximum absolute atomic E-state index is 11.2. The molecule has 0 bridgehead atoms. The Kier molecular flexibility index (Phi) is 4.00. The van der Waals surface area contributed by atoms with Crippen LogP contribution in [0.4, 0.5) is 0 Å². The summed E-state index contributed by atoms with van der Waals surface area (Å²) in [5.74, 6) is 0.0547. The predicted molar refractivity (Wildman–Crippen MR) is 52.4 cm³/mol. The number of carbonyl (C=O) groups is 1. The van der Waals surface area contributed by atoms with Crippen molar-refractivity contribution >= 4 is 5.91 Å². The number of hydrogen-bond donors (Lipinski definition) is 1. The molecule has 1 amide bonds. The van der Waals surface area contributed by atoms with Gasteiger partial charge < -0.3 is 10.2 Å². The number of nitrogens with zero attached hydrogens (tertiary/aromatic N) is 3. The van der Waals surface area contributed by atoms with E-state index >= 15 is 0 Å². The third-order valence-corrected chi connectivity index (χ3v) is 1.72. The predicted octanol–water partition coefficient (Wildman–Crippen LogP) is -0.346. The summed E-state index contributed by atoms with van der Waals surface area (Å²) in [6, 6.07) is 1.81. The first-order chi connectivity index (χ1) is 6.70. The molecule has 0 aromatic carbocycles. The second kappa shape index (κ2) is 5.29. The van der Waals surface area contributed by atoms with Crippen molar-refractivity contribution in [3.8, 4) is 0 Å². The van der Waals surface area contributed by atoms with Crippen molar-refractivity contribution in [3.63, 3.8) is 0 Å². The highest BCUT2D eigenvalue weighted by Crippen LogP contribution is 1.89. The summed E-state index contributed by atoms with van der Waals surface area (Å²) < 4.78 is 0. The maximum Gasteiger partial charge on any atom is 0.236 e. The van der Waals surface area contributed by atoms with E-state index in [-0.39, 0.29) is 5.91 Å². The van der Waals surface area contributed by atoms with Gasteiger partial charge in [0.05, 0.1) is 12.2 Å². The van der Waals surface area contributed by atoms with Crippen LogP contribution in [0.15, 0.2) is 18.6 Å². The minimum Gasteiger partial charge on any atom is -0.348 e. The zero-order chi connectivity index (χ0) is 10.4. The zero-order valence-corrected chi connectivity index (χ0v) is 8.40. The Morgan fingerprint density at radius 1 is 1.57 bits per heavy atom. The van der Waals surface area contributed by atoms with Gasteiger partial charge in [-0.05, 0) is 6.07 Å². The van der Waals surface area contributed by atoms with Gasteiger partial charge in [-0.3, -0.25) is 4.79 Å². The molecule has 0 spiro atoms. The quantitative estimate of drug-likeness (QED) is 0.712. The van der Waals surface area contributed by atoms with Gasteiger partial charge in [0.1, 0.15) is 6.33 Å². The van der Waals surface area contributed by atoms with Gasteiger partial charge in [0.2, 0.25) is 5.91 Å². The third-order valence-electron chi connectivity index (χ3n) is 1.72. The minimum atomic E-state index is 0.0547. The van der Waals surface area contributed by atoms with Crippen molar-refractivity contribution in [1.29, 1.82) is 0 Å². The van der Waals surface area contributed by atoms with E-state index in [1.54, 1.807) is 25.2 Å². The Bertz CT molecular complexity index is 286. The molecule has 0 fully saturated rings. The Balaban J connectivity index is 2.26. The van der Waals surface area contributed by atoms with E-state index in [0.717, 1.165) is 5.69 Å². The molecule has 0 unspecified atom stereocenters. The average molecular weight is 194 g/mol. The number of hydrogen-bond acceptors (Lipinski definition) is 4. The molecule has 0 saturated heterocycles. The highest BCUT2D eigenvalue weighted by Gasteiger charge is 2.02. The van der Waals surface area contributed by atoms with Crippen LogP contribution in [0.3, 0.4) is 0 Å². The zero-order valence-electron chi connectivity index (χ0n) is 8.40. The Morgan fingerprint density at radius 2 is 2.36 bits per heavy atom. The summed E-state index contributed by atoms with van der Waals surface area (Å²) >= 11 is 0. The molecule has 1 rings (SSSR count). The number of rotatable bonds is 4. The number of amides is 1. The molecule has 5 nitrogen and oxygen atoms in total. The van der Waals surface area contributed by atoms with Gasteiger partial charge >= 0.3 is 0 Å². The van der Waals surface area contributed by atoms with Crippen LogP contribution in [-0.4, -0.2) is 41.4 Å². The van der Waals surface area contributed by atoms with Crippen molar-refractivity contribution < 1.29 is 4.79 Å². The molecule has 5 heteroatoms. The van der Waals surface area contributed by atoms with E-state index in [1.807, 2.05) is 6.07 Å². The van der Waals surface area contributed by atoms with Crippen LogP contribution < -0.4 is 5.32 Å². The molecule has 1 heterocycles. The summed E-state index contributed by atoms with van der Waals surface area (Å²) in [7, 11) is 3.46. The molecule has 1 N–H and O–H groups in total. The molecule has 76 valence electrons. The minimum absolute atomic E-state index is 0.0547. The lowest BCUT2D eigenvalue weighted by Gasteiger charge is -2.10.